The summed E-state index contributed by atoms with van der Waals surface area (Å²) in [5.41, 5.74) is 9.37. The van der Waals surface area contributed by atoms with Crippen molar-refractivity contribution in [1.82, 2.24) is 4.90 Å². The number of primary amides is 1. The number of carbonyl (C=O) groups is 2. The lowest BCUT2D eigenvalue weighted by atomic mass is 9.98. The molecule has 47 heavy (non-hydrogen) atoms. The van der Waals surface area contributed by atoms with Crippen LogP contribution in [-0.2, 0) is 16.0 Å². The third kappa shape index (κ3) is 11.4. The second-order valence-electron chi connectivity index (χ2n) is 10.2. The first-order valence-electron chi connectivity index (χ1n) is 14.4. The van der Waals surface area contributed by atoms with Gasteiger partial charge in [0.05, 0.1) is 19.3 Å². The van der Waals surface area contributed by atoms with Gasteiger partial charge in [0.25, 0.3) is 5.91 Å². The number of hydrogen-bond acceptors (Lipinski definition) is 7. The molecule has 1 saturated heterocycles. The Labute approximate surface area is 279 Å². The number of amides is 1. The predicted octanol–water partition coefficient (Wildman–Crippen LogP) is 3.02. The van der Waals surface area contributed by atoms with Crippen molar-refractivity contribution in [3.8, 4) is 34.8 Å². The van der Waals surface area contributed by atoms with E-state index in [1.807, 2.05) is 30.3 Å². The van der Waals surface area contributed by atoms with Crippen molar-refractivity contribution in [2.45, 2.75) is 32.1 Å². The molecule has 1 aliphatic rings. The highest BCUT2D eigenvalue weighted by molar-refractivity contribution is 7.22. The van der Waals surface area contributed by atoms with Gasteiger partial charge in [-0.05, 0) is 97.2 Å². The number of likely N-dealkylation sites (tertiary alicyclic amines) is 1. The van der Waals surface area contributed by atoms with Gasteiger partial charge in [-0.3, -0.25) is 14.5 Å². The van der Waals surface area contributed by atoms with Crippen LogP contribution in [0.1, 0.15) is 47.2 Å². The smallest absolute Gasteiger partial charge is 0.305 e. The summed E-state index contributed by atoms with van der Waals surface area (Å²) >= 11 is 1.70. The van der Waals surface area contributed by atoms with Gasteiger partial charge in [0, 0.05) is 22.5 Å². The minimum Gasteiger partial charge on any atom is -0.493 e. The van der Waals surface area contributed by atoms with Crippen LogP contribution in [0.25, 0.3) is 20.5 Å². The Kier molecular flexibility index (Phi) is 19.3. The maximum Gasteiger partial charge on any atom is 0.305 e. The van der Waals surface area contributed by atoms with Crippen LogP contribution in [0.5, 0.6) is 11.5 Å². The molecule has 3 aromatic carbocycles. The van der Waals surface area contributed by atoms with Gasteiger partial charge in [0.2, 0.25) is 0 Å². The molecular weight excluding hydrogens is 624 g/mol. The Morgan fingerprint density at radius 2 is 1.57 bits per heavy atom. The van der Waals surface area contributed by atoms with Crippen molar-refractivity contribution < 1.29 is 45.7 Å². The van der Waals surface area contributed by atoms with Crippen LogP contribution in [0.3, 0.4) is 0 Å². The minimum atomic E-state index is -0.558. The molecule has 0 bridgehead atoms. The summed E-state index contributed by atoms with van der Waals surface area (Å²) in [6, 6.07) is 22.3. The minimum absolute atomic E-state index is 0. The monoisotopic (exact) mass is 670 g/mol. The molecule has 0 saturated carbocycles. The molecule has 12 heteroatoms. The second kappa shape index (κ2) is 21.3. The fourth-order valence-electron chi connectivity index (χ4n) is 5.20. The summed E-state index contributed by atoms with van der Waals surface area (Å²) in [6.07, 6.45) is 12.0. The molecule has 1 aromatic heterocycles. The molecule has 2 heterocycles. The molecule has 0 spiro atoms. The van der Waals surface area contributed by atoms with Crippen molar-refractivity contribution in [2.75, 3.05) is 40.0 Å². The number of terminal acetylenes is 1. The zero-order valence-electron chi connectivity index (χ0n) is 26.6. The summed E-state index contributed by atoms with van der Waals surface area (Å²) in [7, 11) is 1.36. The summed E-state index contributed by atoms with van der Waals surface area (Å²) < 4.78 is 17.7. The lowest BCUT2D eigenvalue weighted by Gasteiger charge is -2.15. The van der Waals surface area contributed by atoms with E-state index >= 15 is 0 Å². The Bertz CT molecular complexity index is 1550. The fourth-order valence-corrected chi connectivity index (χ4v) is 6.42. The van der Waals surface area contributed by atoms with E-state index in [0.29, 0.717) is 24.3 Å². The number of esters is 1. The highest BCUT2D eigenvalue weighted by Gasteiger charge is 2.18. The number of methoxy groups -OCH3 is 1. The Balaban J connectivity index is 0.00000346. The fraction of sp³-hybridized carbons (Fsp3) is 0.314. The number of hydrogen-bond donors (Lipinski definition) is 1. The molecule has 1 aliphatic heterocycles. The van der Waals surface area contributed by atoms with Crippen molar-refractivity contribution in [2.24, 2.45) is 5.73 Å². The van der Waals surface area contributed by atoms with Gasteiger partial charge >= 0.3 is 5.97 Å². The number of benzene rings is 3. The van der Waals surface area contributed by atoms with Gasteiger partial charge in [0.15, 0.2) is 0 Å². The van der Waals surface area contributed by atoms with Gasteiger partial charge in [-0.25, -0.2) is 0 Å². The highest BCUT2D eigenvalue weighted by Crippen LogP contribution is 2.41. The molecule has 4 aromatic rings. The molecule has 10 N–H and O–H groups in total. The molecule has 0 radical (unpaired) electrons. The summed E-state index contributed by atoms with van der Waals surface area (Å²) in [4.78, 5) is 27.3. The average Bonchev–Trinajstić information content (AvgIpc) is 3.69. The van der Waals surface area contributed by atoms with Gasteiger partial charge < -0.3 is 41.8 Å². The molecule has 11 nitrogen and oxygen atoms in total. The second-order valence-corrected chi connectivity index (χ2v) is 11.3. The first kappa shape index (κ1) is 42.5. The summed E-state index contributed by atoms with van der Waals surface area (Å²) in [6.45, 7) is 4.29. The largest absolute Gasteiger partial charge is 0.493 e. The molecule has 1 fully saturated rings. The van der Waals surface area contributed by atoms with Crippen LogP contribution in [-0.4, -0.2) is 78.6 Å². The maximum absolute atomic E-state index is 12.4. The van der Waals surface area contributed by atoms with E-state index in [9.17, 15) is 9.59 Å². The number of fused-ring (bicyclic) bond motifs is 1. The average molecular weight is 671 g/mol. The normalized spacial score (nSPS) is 11.7. The van der Waals surface area contributed by atoms with E-state index < -0.39 is 5.91 Å². The lowest BCUT2D eigenvalue weighted by molar-refractivity contribution is -0.140. The Morgan fingerprint density at radius 3 is 2.23 bits per heavy atom. The number of rotatable bonds is 13. The van der Waals surface area contributed by atoms with Crippen LogP contribution in [0, 0.1) is 12.8 Å². The summed E-state index contributed by atoms with van der Waals surface area (Å²) in [5.74, 6) is 0.444. The first-order valence-corrected chi connectivity index (χ1v) is 15.2. The van der Waals surface area contributed by atoms with Crippen LogP contribution in [0.4, 0.5) is 0 Å². The number of nitrogens with zero attached hydrogens (tertiary/aromatic N) is 1. The van der Waals surface area contributed by atoms with E-state index in [1.165, 1.54) is 54.3 Å². The molecule has 1 amide bonds. The van der Waals surface area contributed by atoms with Crippen molar-refractivity contribution in [1.29, 1.82) is 0 Å². The van der Waals surface area contributed by atoms with E-state index in [0.717, 1.165) is 29.2 Å². The van der Waals surface area contributed by atoms with Gasteiger partial charge in [-0.15, -0.1) is 24.2 Å². The van der Waals surface area contributed by atoms with Gasteiger partial charge in [-0.2, -0.15) is 0 Å². The molecule has 0 unspecified atom stereocenters. The van der Waals surface area contributed by atoms with E-state index in [1.54, 1.807) is 17.4 Å². The van der Waals surface area contributed by atoms with E-state index in [-0.39, 0.29) is 40.9 Å². The van der Waals surface area contributed by atoms with E-state index in [2.05, 4.69) is 52.8 Å². The third-order valence-electron chi connectivity index (χ3n) is 7.40. The van der Waals surface area contributed by atoms with Crippen LogP contribution < -0.4 is 15.2 Å². The third-order valence-corrected chi connectivity index (χ3v) is 8.66. The van der Waals surface area contributed by atoms with Crippen LogP contribution in [0.15, 0.2) is 66.7 Å². The van der Waals surface area contributed by atoms with Crippen molar-refractivity contribution in [3.05, 3.63) is 83.4 Å². The van der Waals surface area contributed by atoms with Crippen molar-refractivity contribution in [3.63, 3.8) is 0 Å². The Hall–Kier alpha value is -4.48. The lowest BCUT2D eigenvalue weighted by Crippen LogP contribution is -2.25. The SMILES string of the molecule is C#C.COC(=O)CCCOc1ccc(-c2sc3ccccc3c2Cc2ccc(OCCN3CCCC3)cc2)cc1C(N)=O.O.O.O.O. The molecule has 256 valence electrons. The predicted molar refractivity (Wildman–Crippen MR) is 187 cm³/mol. The van der Waals surface area contributed by atoms with E-state index in [4.69, 9.17) is 15.2 Å². The molecule has 5 rings (SSSR count). The number of thiophene rings is 1. The van der Waals surface area contributed by atoms with Gasteiger partial charge in [0.1, 0.15) is 18.1 Å². The maximum atomic E-state index is 12.4. The summed E-state index contributed by atoms with van der Waals surface area (Å²) in [5, 5.41) is 1.20. The Morgan fingerprint density at radius 1 is 0.894 bits per heavy atom. The van der Waals surface area contributed by atoms with Crippen LogP contribution in [0.2, 0.25) is 0 Å². The number of nitrogens with two attached hydrogens (primary N) is 1. The molecule has 0 atom stereocenters. The zero-order valence-corrected chi connectivity index (χ0v) is 27.4. The molecule has 0 aliphatic carbocycles. The molecular formula is C35H46N2O9S. The topological polar surface area (TPSA) is 217 Å². The highest BCUT2D eigenvalue weighted by atomic mass is 32.1. The number of carbonyl (C=O) groups excluding carboxylic acids is 2. The van der Waals surface area contributed by atoms with Crippen molar-refractivity contribution >= 4 is 33.3 Å². The van der Waals surface area contributed by atoms with Gasteiger partial charge in [-0.1, -0.05) is 30.3 Å². The number of ether oxygens (including phenoxy) is 3. The zero-order chi connectivity index (χ0) is 30.6. The first-order chi connectivity index (χ1) is 21.0. The standard InChI is InChI=1S/C33H36N2O5S.C2H2.4H2O/c1-38-31(36)9-6-19-40-29-15-12-24(22-28(29)33(34)37)32-27(26-7-2-3-8-30(26)41-32)21-23-10-13-25(14-11-23)39-20-18-35-16-4-5-17-35;1-2;;;;/h2-3,7-8,10-15,22H,4-6,9,16-21H2,1H3,(H2,34,37);1-2H;4*1H2. The van der Waals surface area contributed by atoms with Crippen LogP contribution >= 0.6 is 11.3 Å². The quantitative estimate of drug-likeness (QED) is 0.128.